The molecule has 0 radical (unpaired) electrons. The first-order chi connectivity index (χ1) is 33.3. The molecule has 0 bridgehead atoms. The predicted molar refractivity (Wildman–Crippen MR) is 278 cm³/mol. The van der Waals surface area contributed by atoms with Gasteiger partial charge in [0.2, 0.25) is 5.91 Å². The molecule has 1 amide bonds. The van der Waals surface area contributed by atoms with Crippen LogP contribution in [0.4, 0.5) is 4.39 Å². The fourth-order valence-electron chi connectivity index (χ4n) is 9.61. The van der Waals surface area contributed by atoms with Crippen molar-refractivity contribution in [1.82, 2.24) is 10.2 Å². The molecule has 0 aromatic carbocycles. The number of carbonyl (C=O) groups excluding carboxylic acids is 1. The number of nitrogens with zero attached hydrogens (tertiary/aromatic N) is 1. The van der Waals surface area contributed by atoms with Gasteiger partial charge < -0.3 is 73.1 Å². The number of carbonyl (C=O) groups is 1. The summed E-state index contributed by atoms with van der Waals surface area (Å²) in [6, 6.07) is 1.14. The van der Waals surface area contributed by atoms with Crippen LogP contribution in [0.1, 0.15) is 85.5 Å². The third-order valence-corrected chi connectivity index (χ3v) is 13.9. The molecule has 0 aliphatic carbocycles. The Kier molecular flexibility index (Phi) is 38.4. The van der Waals surface area contributed by atoms with Gasteiger partial charge in [0, 0.05) is 92.3 Å². The van der Waals surface area contributed by atoms with E-state index in [0.29, 0.717) is 49.5 Å². The van der Waals surface area contributed by atoms with Crippen molar-refractivity contribution in [2.24, 2.45) is 0 Å². The summed E-state index contributed by atoms with van der Waals surface area (Å²) in [6.07, 6.45) is 12.0. The Morgan fingerprint density at radius 3 is 1.06 bits per heavy atom. The van der Waals surface area contributed by atoms with E-state index in [1.807, 2.05) is 13.8 Å². The predicted octanol–water partition coefficient (Wildman–Crippen LogP) is -6.06. The number of likely N-dealkylation sites (tertiary alicyclic amines) is 8. The third kappa shape index (κ3) is 33.6. The van der Waals surface area contributed by atoms with Crippen LogP contribution < -0.4 is 44.5 Å². The van der Waals surface area contributed by atoms with E-state index >= 15 is 0 Å². The summed E-state index contributed by atoms with van der Waals surface area (Å²) < 4.78 is 38.7. The highest BCUT2D eigenvalue weighted by Crippen LogP contribution is 2.02. The lowest BCUT2D eigenvalue weighted by Crippen LogP contribution is -3.05. The molecule has 8 aliphatic heterocycles. The summed E-state index contributed by atoms with van der Waals surface area (Å²) in [4.78, 5) is 23.4. The number of rotatable bonds is 11. The van der Waals surface area contributed by atoms with E-state index in [9.17, 15) is 9.18 Å². The van der Waals surface area contributed by atoms with Gasteiger partial charge >= 0.3 is 0 Å². The van der Waals surface area contributed by atoms with E-state index in [-0.39, 0.29) is 5.91 Å². The lowest BCUT2D eigenvalue weighted by Gasteiger charge is -2.18. The zero-order chi connectivity index (χ0) is 52.4. The lowest BCUT2D eigenvalue weighted by molar-refractivity contribution is -0.841. The molecule has 9 N–H and O–H groups in total. The Hall–Kier alpha value is -1.16. The molecule has 8 saturated heterocycles. The van der Waals surface area contributed by atoms with Gasteiger partial charge in [0.1, 0.15) is 30.5 Å². The molecule has 8 aliphatic rings. The van der Waals surface area contributed by atoms with Crippen molar-refractivity contribution in [1.29, 1.82) is 0 Å². The Morgan fingerprint density at radius 2 is 0.843 bits per heavy atom. The van der Waals surface area contributed by atoms with Crippen LogP contribution in [-0.4, -0.2) is 212 Å². The second-order valence-electron chi connectivity index (χ2n) is 20.9. The maximum absolute atomic E-state index is 12.1. The number of halogens is 1. The Balaban J connectivity index is 0.000000401. The molecule has 0 aromatic heterocycles. The summed E-state index contributed by atoms with van der Waals surface area (Å²) in [7, 11) is 38.8. The van der Waals surface area contributed by atoms with Crippen molar-refractivity contribution in [2.75, 3.05) is 153 Å². The highest BCUT2D eigenvalue weighted by molar-refractivity contribution is 5.73. The van der Waals surface area contributed by atoms with Crippen LogP contribution in [0.25, 0.3) is 0 Å². The summed E-state index contributed by atoms with van der Waals surface area (Å²) >= 11 is 0. The molecule has 70 heavy (non-hydrogen) atoms. The van der Waals surface area contributed by atoms with Gasteiger partial charge in [-0.3, -0.25) is 4.79 Å². The molecule has 16 nitrogen and oxygen atoms in total. The van der Waals surface area contributed by atoms with Crippen LogP contribution in [0, 0.1) is 56.4 Å². The van der Waals surface area contributed by atoms with E-state index in [2.05, 4.69) is 87.6 Å². The number of ether oxygens (including phenoxy) is 5. The SMILES string of the molecule is [CH2-][NH+]1CC[C@@H](OC)C1.[CH2-][NH+]1CC[C@@H](OCC)C1.[CH2-][NH+]1CC[C@@H](OCCC)C1.[CH2-][NH+]1CC[C@H](F)C1.[CH2-][NH+]1CC[C@H](N(C)C)C1.[CH2-][NH+]1CC[C@H](NC(C)=O)C1.[CH2-][NH+]1CC[C@H](OC)C1.[CH2-][NH+]1CC[C@H](OCC)C1. The quantitative estimate of drug-likeness (QED) is 0.0950. The van der Waals surface area contributed by atoms with E-state index < -0.39 is 6.17 Å². The molecular weight excluding hydrogens is 892 g/mol. The summed E-state index contributed by atoms with van der Waals surface area (Å²) in [5, 5.41) is 2.87. The lowest BCUT2D eigenvalue weighted by atomic mass is 10.2. The maximum atomic E-state index is 12.1. The maximum Gasteiger partial charge on any atom is 0.217 e. The molecule has 0 spiro atoms. The third-order valence-electron chi connectivity index (χ3n) is 13.9. The minimum absolute atomic E-state index is 0.0692. The van der Waals surface area contributed by atoms with Crippen LogP contribution in [0.3, 0.4) is 0 Å². The molecule has 8 fully saturated rings. The summed E-state index contributed by atoms with van der Waals surface area (Å²) in [6.45, 7) is 27.7. The van der Waals surface area contributed by atoms with Crippen molar-refractivity contribution < 1.29 is 72.1 Å². The molecule has 17 heteroatoms. The molecule has 0 aromatic rings. The van der Waals surface area contributed by atoms with Crippen LogP contribution in [0.5, 0.6) is 0 Å². The fourth-order valence-corrected chi connectivity index (χ4v) is 9.61. The number of likely N-dealkylation sites (N-methyl/N-ethyl adjacent to an activating group) is 1. The minimum atomic E-state index is -0.576. The van der Waals surface area contributed by atoms with Crippen molar-refractivity contribution in [3.8, 4) is 0 Å². The van der Waals surface area contributed by atoms with Gasteiger partial charge in [-0.05, 0) is 34.4 Å². The van der Waals surface area contributed by atoms with Gasteiger partial charge in [-0.1, -0.05) is 6.92 Å². The van der Waals surface area contributed by atoms with Crippen LogP contribution in [0.2, 0.25) is 0 Å². The number of amides is 1. The van der Waals surface area contributed by atoms with Gasteiger partial charge in [-0.15, -0.1) is 0 Å². The van der Waals surface area contributed by atoms with Gasteiger partial charge in [0.05, 0.1) is 117 Å². The first kappa shape index (κ1) is 66.9. The molecule has 8 unspecified atom stereocenters. The monoisotopic (exact) mass is 1000 g/mol. The highest BCUT2D eigenvalue weighted by Gasteiger charge is 2.24. The Labute approximate surface area is 430 Å². The van der Waals surface area contributed by atoms with Crippen molar-refractivity contribution in [3.05, 3.63) is 56.4 Å². The number of methoxy groups -OCH3 is 2. The Morgan fingerprint density at radius 1 is 0.500 bits per heavy atom. The smallest absolute Gasteiger partial charge is 0.217 e. The van der Waals surface area contributed by atoms with Gasteiger partial charge in [-0.25, -0.2) is 4.39 Å². The molecule has 0 saturated carbocycles. The standard InChI is InChI=1S/C8H17NO.C7H14N2O.C7H16N2.2C7H15NO.2C6H13NO.C5H10FN/c1-3-6-10-8-4-5-9(2)7-8;1-6(10)8-7-3-4-9(2)5-7;1-8(2)7-4-5-9(3)6-7;2*1-3-9-7-4-5-8(2)6-7;2*1-7-4-3-6(5-7)8-2;1-7-3-2-5(6)4-7/h8-9H,2-7H2,1H3;7,9H,2-5H2,1H3,(H,8,10);7,9H,3-6H2,1-2H3;2*7-8H,2-6H2,1H3;2*6-7H,1,3-5H2,2H3;5,7H,1-4H2/t8-;4*7-;2*6-;5-/m10010100/s1. The topological polar surface area (TPSA) is 114 Å². The molecular formula is C53H113FN10O6. The molecule has 8 heterocycles. The molecule has 418 valence electrons. The number of nitrogens with one attached hydrogen (secondary N) is 9. The van der Waals surface area contributed by atoms with Crippen LogP contribution in [0.15, 0.2) is 0 Å². The molecule has 8 rings (SSSR count). The summed E-state index contributed by atoms with van der Waals surface area (Å²) in [5.41, 5.74) is 0. The summed E-state index contributed by atoms with van der Waals surface area (Å²) in [5.74, 6) is 0.0692. The van der Waals surface area contributed by atoms with Crippen LogP contribution in [-0.2, 0) is 28.5 Å². The first-order valence-electron chi connectivity index (χ1n) is 27.1. The van der Waals surface area contributed by atoms with E-state index in [1.165, 1.54) is 119 Å². The first-order valence-corrected chi connectivity index (χ1v) is 27.1. The van der Waals surface area contributed by atoms with Gasteiger partial charge in [0.15, 0.2) is 6.17 Å². The number of hydrogen-bond donors (Lipinski definition) is 9. The average Bonchev–Trinajstić information content (AvgIpc) is 4.18. The molecule has 16 atom stereocenters. The zero-order valence-corrected chi connectivity index (χ0v) is 46.3. The Bertz CT molecular complexity index is 1200. The minimum Gasteiger partial charge on any atom is -0.466 e. The number of quaternary nitrogens is 8. The average molecular weight is 1010 g/mol. The van der Waals surface area contributed by atoms with Gasteiger partial charge in [0.25, 0.3) is 0 Å². The second-order valence-corrected chi connectivity index (χ2v) is 20.9. The van der Waals surface area contributed by atoms with Crippen LogP contribution >= 0.6 is 0 Å². The largest absolute Gasteiger partial charge is 0.466 e. The number of alkyl halides is 1. The van der Waals surface area contributed by atoms with Crippen molar-refractivity contribution in [3.63, 3.8) is 0 Å². The van der Waals surface area contributed by atoms with E-state index in [0.717, 1.165) is 96.0 Å². The highest BCUT2D eigenvalue weighted by atomic mass is 19.1. The van der Waals surface area contributed by atoms with E-state index in [1.54, 1.807) is 21.1 Å². The van der Waals surface area contributed by atoms with Crippen molar-refractivity contribution in [2.45, 2.75) is 134 Å². The normalized spacial score (nSPS) is 36.0. The second kappa shape index (κ2) is 40.2. The van der Waals surface area contributed by atoms with E-state index in [4.69, 9.17) is 23.7 Å². The van der Waals surface area contributed by atoms with Gasteiger partial charge in [-0.2, -0.15) is 56.4 Å². The zero-order valence-electron chi connectivity index (χ0n) is 46.3. The number of hydrogen-bond acceptors (Lipinski definition) is 7. The van der Waals surface area contributed by atoms with Crippen molar-refractivity contribution >= 4 is 5.91 Å². The fraction of sp³-hybridized carbons (Fsp3) is 0.830.